The zero-order chi connectivity index (χ0) is 32.7. The molecule has 0 radical (unpaired) electrons. The molecular weight excluding hydrogens is 598 g/mol. The zero-order valence-electron chi connectivity index (χ0n) is 25.5. The van der Waals surface area contributed by atoms with Gasteiger partial charge in [0.05, 0.1) is 46.1 Å². The molecule has 47 heavy (non-hydrogen) atoms. The average molecular weight is 628 g/mol. The van der Waals surface area contributed by atoms with Crippen LogP contribution in [-0.2, 0) is 4.79 Å². The van der Waals surface area contributed by atoms with Gasteiger partial charge in [0.15, 0.2) is 5.65 Å². The van der Waals surface area contributed by atoms with Gasteiger partial charge >= 0.3 is 0 Å². The Hall–Kier alpha value is -6.13. The first-order valence-electron chi connectivity index (χ1n) is 15.0. The molecule has 2 aromatic carbocycles. The van der Waals surface area contributed by atoms with E-state index in [1.54, 1.807) is 77.0 Å². The van der Waals surface area contributed by atoms with Crippen LogP contribution < -0.4 is 10.9 Å². The lowest BCUT2D eigenvalue weighted by atomic mass is 10.1. The third-order valence-electron chi connectivity index (χ3n) is 8.14. The van der Waals surface area contributed by atoms with Crippen LogP contribution in [0.5, 0.6) is 0 Å². The number of aryl methyl sites for hydroxylation is 1. The van der Waals surface area contributed by atoms with Gasteiger partial charge in [0.2, 0.25) is 5.91 Å². The molecule has 0 aliphatic carbocycles. The van der Waals surface area contributed by atoms with Crippen LogP contribution >= 0.6 is 0 Å². The molecule has 0 bridgehead atoms. The van der Waals surface area contributed by atoms with Crippen LogP contribution in [0.1, 0.15) is 52.0 Å². The lowest BCUT2D eigenvalue weighted by Crippen LogP contribution is -2.51. The molecule has 6 aromatic rings. The van der Waals surface area contributed by atoms with Gasteiger partial charge in [-0.05, 0) is 44.2 Å². The van der Waals surface area contributed by atoms with Gasteiger partial charge in [0.25, 0.3) is 11.5 Å². The summed E-state index contributed by atoms with van der Waals surface area (Å²) in [7, 11) is 0. The summed E-state index contributed by atoms with van der Waals surface area (Å²) < 4.78 is 4.82. The molecule has 13 nitrogen and oxygen atoms in total. The second-order valence-corrected chi connectivity index (χ2v) is 11.3. The maximum atomic E-state index is 14.3. The van der Waals surface area contributed by atoms with Gasteiger partial charge < -0.3 is 15.3 Å². The van der Waals surface area contributed by atoms with E-state index in [0.717, 1.165) is 0 Å². The lowest BCUT2D eigenvalue weighted by Gasteiger charge is -2.38. The highest BCUT2D eigenvalue weighted by molar-refractivity contribution is 6.01. The SMILES string of the molecule is Cc1nn2cccnc2c1C(=O)N[C@H](C)c1nc2cccc(C#Cc3cnn(C4CN(C(=O)CO)C4)c3)c2c(=O)n1-c1ccccc1. The van der Waals surface area contributed by atoms with Crippen molar-refractivity contribution in [3.8, 4) is 17.5 Å². The molecule has 1 fully saturated rings. The summed E-state index contributed by atoms with van der Waals surface area (Å²) in [6.45, 7) is 3.96. The molecule has 1 aliphatic rings. The van der Waals surface area contributed by atoms with Gasteiger partial charge in [-0.1, -0.05) is 36.1 Å². The van der Waals surface area contributed by atoms with Crippen LogP contribution in [-0.4, -0.2) is 75.4 Å². The van der Waals surface area contributed by atoms with Crippen molar-refractivity contribution in [2.75, 3.05) is 19.7 Å². The Labute approximate surface area is 268 Å². The second kappa shape index (κ2) is 12.0. The highest BCUT2D eigenvalue weighted by Gasteiger charge is 2.32. The van der Waals surface area contributed by atoms with Gasteiger partial charge in [-0.25, -0.2) is 14.5 Å². The van der Waals surface area contributed by atoms with Gasteiger partial charge in [0.1, 0.15) is 18.0 Å². The van der Waals surface area contributed by atoms with E-state index in [2.05, 4.69) is 32.3 Å². The summed E-state index contributed by atoms with van der Waals surface area (Å²) in [5.41, 5.74) is 3.17. The van der Waals surface area contributed by atoms with Crippen LogP contribution in [0.3, 0.4) is 0 Å². The molecule has 0 unspecified atom stereocenters. The molecule has 0 saturated carbocycles. The highest BCUT2D eigenvalue weighted by atomic mass is 16.3. The highest BCUT2D eigenvalue weighted by Crippen LogP contribution is 2.23. The van der Waals surface area contributed by atoms with Gasteiger partial charge in [-0.3, -0.25) is 23.6 Å². The molecule has 1 aliphatic heterocycles. The molecule has 7 rings (SSSR count). The summed E-state index contributed by atoms with van der Waals surface area (Å²) in [5.74, 6) is 5.90. The van der Waals surface area contributed by atoms with E-state index in [1.807, 2.05) is 30.3 Å². The molecule has 1 atom stereocenters. The van der Waals surface area contributed by atoms with Gasteiger partial charge in [0, 0.05) is 37.2 Å². The van der Waals surface area contributed by atoms with Gasteiger partial charge in [-0.2, -0.15) is 10.2 Å². The number of aromatic nitrogens is 7. The Bertz CT molecular complexity index is 2290. The minimum Gasteiger partial charge on any atom is -0.387 e. The molecule has 4 aromatic heterocycles. The summed E-state index contributed by atoms with van der Waals surface area (Å²) in [6.07, 6.45) is 6.77. The average Bonchev–Trinajstić information content (AvgIpc) is 3.66. The first kappa shape index (κ1) is 29.6. The number of carbonyl (C=O) groups is 2. The number of amides is 2. The van der Waals surface area contributed by atoms with Gasteiger partial charge in [-0.15, -0.1) is 0 Å². The molecule has 5 heterocycles. The van der Waals surface area contributed by atoms with Crippen LogP contribution in [0, 0.1) is 18.8 Å². The van der Waals surface area contributed by atoms with E-state index in [0.29, 0.717) is 63.5 Å². The van der Waals surface area contributed by atoms with Crippen molar-refractivity contribution in [1.29, 1.82) is 0 Å². The van der Waals surface area contributed by atoms with Crippen LogP contribution in [0.4, 0.5) is 0 Å². The Kier molecular flexibility index (Phi) is 7.55. The third kappa shape index (κ3) is 5.40. The monoisotopic (exact) mass is 627 g/mol. The van der Waals surface area contributed by atoms with E-state index in [9.17, 15) is 14.4 Å². The first-order chi connectivity index (χ1) is 22.8. The number of para-hydroxylation sites is 1. The predicted molar refractivity (Wildman–Crippen MR) is 172 cm³/mol. The number of nitrogens with zero attached hydrogens (tertiary/aromatic N) is 8. The molecule has 2 amide bonds. The second-order valence-electron chi connectivity index (χ2n) is 11.3. The zero-order valence-corrected chi connectivity index (χ0v) is 25.5. The van der Waals surface area contributed by atoms with E-state index >= 15 is 0 Å². The third-order valence-corrected chi connectivity index (χ3v) is 8.14. The minimum atomic E-state index is -0.673. The summed E-state index contributed by atoms with van der Waals surface area (Å²) in [5, 5.41) is 21.2. The molecule has 2 N–H and O–H groups in total. The molecule has 13 heteroatoms. The Morgan fingerprint density at radius 1 is 1.09 bits per heavy atom. The molecule has 1 saturated heterocycles. The van der Waals surface area contributed by atoms with Crippen molar-refractivity contribution in [2.24, 2.45) is 0 Å². The van der Waals surface area contributed by atoms with E-state index < -0.39 is 12.6 Å². The van der Waals surface area contributed by atoms with Crippen molar-refractivity contribution in [2.45, 2.75) is 25.9 Å². The van der Waals surface area contributed by atoms with Crippen LogP contribution in [0.2, 0.25) is 0 Å². The van der Waals surface area contributed by atoms with Crippen molar-refractivity contribution >= 4 is 28.4 Å². The number of hydrogen-bond acceptors (Lipinski definition) is 8. The van der Waals surface area contributed by atoms with Crippen LogP contribution in [0.15, 0.2) is 84.2 Å². The number of benzene rings is 2. The first-order valence-corrected chi connectivity index (χ1v) is 15.0. The van der Waals surface area contributed by atoms with E-state index in [4.69, 9.17) is 10.1 Å². The minimum absolute atomic E-state index is 0.00909. The van der Waals surface area contributed by atoms with Crippen molar-refractivity contribution in [3.05, 3.63) is 118 Å². The number of carbonyl (C=O) groups excluding carboxylic acids is 2. The Balaban J connectivity index is 1.24. The Morgan fingerprint density at radius 3 is 2.68 bits per heavy atom. The molecular formula is C34H29N9O4. The summed E-state index contributed by atoms with van der Waals surface area (Å²) in [4.78, 5) is 50.3. The predicted octanol–water partition coefficient (Wildman–Crippen LogP) is 2.20. The topological polar surface area (TPSA) is 153 Å². The number of rotatable bonds is 6. The molecule has 234 valence electrons. The fraction of sp³-hybridized carbons (Fsp3) is 0.206. The quantitative estimate of drug-likeness (QED) is 0.267. The van der Waals surface area contributed by atoms with E-state index in [-0.39, 0.29) is 23.4 Å². The summed E-state index contributed by atoms with van der Waals surface area (Å²) >= 11 is 0. The number of nitrogens with one attached hydrogen (secondary N) is 1. The fourth-order valence-electron chi connectivity index (χ4n) is 5.73. The molecule has 0 spiro atoms. The lowest BCUT2D eigenvalue weighted by molar-refractivity contribution is -0.140. The number of fused-ring (bicyclic) bond motifs is 2. The number of aliphatic hydroxyl groups is 1. The van der Waals surface area contributed by atoms with Crippen LogP contribution in [0.25, 0.3) is 22.2 Å². The van der Waals surface area contributed by atoms with Crippen molar-refractivity contribution in [1.82, 2.24) is 44.1 Å². The maximum absolute atomic E-state index is 14.3. The fourth-order valence-corrected chi connectivity index (χ4v) is 5.73. The normalized spacial score (nSPS) is 13.6. The maximum Gasteiger partial charge on any atom is 0.267 e. The smallest absolute Gasteiger partial charge is 0.267 e. The standard InChI is InChI=1S/C34H29N9O4/c1-21-29(32-35-14-7-15-41(32)39-21)33(46)37-22(2)31-38-27-11-6-8-24(30(27)34(47)43(31)25-9-4-3-5-10-25)13-12-23-16-36-42(17-23)26-18-40(19-26)28(45)20-44/h3-11,14-17,22,26,44H,18-20H2,1-2H3,(H,37,46)/t22-/m1/s1. The number of likely N-dealkylation sites (tertiary alicyclic amines) is 1. The Morgan fingerprint density at radius 2 is 1.89 bits per heavy atom. The number of hydrogen-bond donors (Lipinski definition) is 2. The summed E-state index contributed by atoms with van der Waals surface area (Å²) in [6, 6.07) is 15.5. The number of aliphatic hydroxyl groups excluding tert-OH is 1. The van der Waals surface area contributed by atoms with Crippen molar-refractivity contribution in [3.63, 3.8) is 0 Å². The van der Waals surface area contributed by atoms with Crippen molar-refractivity contribution < 1.29 is 14.7 Å². The largest absolute Gasteiger partial charge is 0.387 e. The van der Waals surface area contributed by atoms with E-state index in [1.165, 1.54) is 4.57 Å².